The summed E-state index contributed by atoms with van der Waals surface area (Å²) in [5.74, 6) is 1.04. The summed E-state index contributed by atoms with van der Waals surface area (Å²) in [6.07, 6.45) is 0. The van der Waals surface area contributed by atoms with Crippen molar-refractivity contribution in [3.63, 3.8) is 0 Å². The fourth-order valence-corrected chi connectivity index (χ4v) is 2.17. The summed E-state index contributed by atoms with van der Waals surface area (Å²) in [7, 11) is 0. The number of hydrogen-bond donors (Lipinski definition) is 1. The standard InChI is InChI=1S/C12H9N3OS/c13-10-4-2-1-3-9(10)12-14-11(15-16-12)8-5-6-17-7-8/h1-7H,13H2. The number of nitrogen functional groups attached to an aromatic ring is 1. The van der Waals surface area contributed by atoms with Crippen LogP contribution in [0.1, 0.15) is 0 Å². The molecule has 0 aliphatic carbocycles. The van der Waals surface area contributed by atoms with Gasteiger partial charge in [0.2, 0.25) is 5.82 Å². The molecular weight excluding hydrogens is 234 g/mol. The van der Waals surface area contributed by atoms with Crippen molar-refractivity contribution in [1.29, 1.82) is 0 Å². The van der Waals surface area contributed by atoms with Crippen LogP contribution in [0, 0.1) is 0 Å². The van der Waals surface area contributed by atoms with Gasteiger partial charge in [0.05, 0.1) is 5.56 Å². The van der Waals surface area contributed by atoms with Gasteiger partial charge in [0.1, 0.15) is 0 Å². The van der Waals surface area contributed by atoms with E-state index < -0.39 is 0 Å². The normalized spacial score (nSPS) is 10.6. The van der Waals surface area contributed by atoms with E-state index in [1.54, 1.807) is 11.3 Å². The van der Waals surface area contributed by atoms with Crippen molar-refractivity contribution < 1.29 is 4.52 Å². The van der Waals surface area contributed by atoms with Gasteiger partial charge >= 0.3 is 0 Å². The molecule has 0 saturated carbocycles. The van der Waals surface area contributed by atoms with Crippen molar-refractivity contribution in [3.8, 4) is 22.8 Å². The summed E-state index contributed by atoms with van der Waals surface area (Å²) >= 11 is 1.60. The van der Waals surface area contributed by atoms with E-state index in [4.69, 9.17) is 10.3 Å². The smallest absolute Gasteiger partial charge is 0.260 e. The maximum Gasteiger partial charge on any atom is 0.260 e. The first-order valence-electron chi connectivity index (χ1n) is 5.06. The molecule has 5 heteroatoms. The van der Waals surface area contributed by atoms with Crippen LogP contribution in [0.15, 0.2) is 45.6 Å². The van der Waals surface area contributed by atoms with Crippen molar-refractivity contribution in [1.82, 2.24) is 10.1 Å². The summed E-state index contributed by atoms with van der Waals surface area (Å²) in [5, 5.41) is 7.89. The van der Waals surface area contributed by atoms with Crippen LogP contribution < -0.4 is 5.73 Å². The molecule has 0 bridgehead atoms. The van der Waals surface area contributed by atoms with Gasteiger partial charge in [-0.15, -0.1) is 0 Å². The summed E-state index contributed by atoms with van der Waals surface area (Å²) in [6, 6.07) is 9.38. The Morgan fingerprint density at radius 1 is 1.18 bits per heavy atom. The Bertz CT molecular complexity index is 631. The summed E-state index contributed by atoms with van der Waals surface area (Å²) in [4.78, 5) is 4.33. The average Bonchev–Trinajstić information content (AvgIpc) is 3.00. The topological polar surface area (TPSA) is 64.9 Å². The zero-order valence-electron chi connectivity index (χ0n) is 8.83. The molecule has 2 heterocycles. The molecule has 0 amide bonds. The molecule has 1 aromatic carbocycles. The molecule has 3 rings (SSSR count). The fourth-order valence-electron chi connectivity index (χ4n) is 1.53. The van der Waals surface area contributed by atoms with Gasteiger partial charge in [0, 0.05) is 16.6 Å². The Hall–Kier alpha value is -2.14. The van der Waals surface area contributed by atoms with Crippen molar-refractivity contribution in [2.75, 3.05) is 5.73 Å². The van der Waals surface area contributed by atoms with Crippen LogP contribution in [0.3, 0.4) is 0 Å². The lowest BCUT2D eigenvalue weighted by molar-refractivity contribution is 0.432. The second kappa shape index (κ2) is 4.03. The lowest BCUT2D eigenvalue weighted by atomic mass is 10.2. The monoisotopic (exact) mass is 243 g/mol. The van der Waals surface area contributed by atoms with E-state index in [9.17, 15) is 0 Å². The van der Waals surface area contributed by atoms with Gasteiger partial charge < -0.3 is 10.3 Å². The van der Waals surface area contributed by atoms with Gasteiger partial charge in [-0.3, -0.25) is 0 Å². The van der Waals surface area contributed by atoms with Gasteiger partial charge in [-0.25, -0.2) is 0 Å². The van der Waals surface area contributed by atoms with Crippen LogP contribution in [0.25, 0.3) is 22.8 Å². The number of aromatic nitrogens is 2. The molecular formula is C12H9N3OS. The fraction of sp³-hybridized carbons (Fsp3) is 0. The van der Waals surface area contributed by atoms with E-state index in [1.165, 1.54) is 0 Å². The number of para-hydroxylation sites is 1. The van der Waals surface area contributed by atoms with E-state index in [2.05, 4.69) is 10.1 Å². The molecule has 0 fully saturated rings. The van der Waals surface area contributed by atoms with Crippen LogP contribution in [-0.4, -0.2) is 10.1 Å². The minimum absolute atomic E-state index is 0.448. The largest absolute Gasteiger partial charge is 0.398 e. The van der Waals surface area contributed by atoms with Crippen LogP contribution in [0.5, 0.6) is 0 Å². The first kappa shape index (κ1) is 10.0. The maximum absolute atomic E-state index is 5.85. The predicted molar refractivity (Wildman–Crippen MR) is 67.5 cm³/mol. The molecule has 0 spiro atoms. The molecule has 0 radical (unpaired) electrons. The Balaban J connectivity index is 2.04. The van der Waals surface area contributed by atoms with E-state index in [1.807, 2.05) is 41.1 Å². The number of nitrogens with two attached hydrogens (primary N) is 1. The summed E-state index contributed by atoms with van der Waals surface area (Å²) in [5.41, 5.74) is 8.21. The van der Waals surface area contributed by atoms with Gasteiger partial charge in [-0.1, -0.05) is 17.3 Å². The third-order valence-electron chi connectivity index (χ3n) is 2.40. The van der Waals surface area contributed by atoms with Gasteiger partial charge in [-0.05, 0) is 23.6 Å². The van der Waals surface area contributed by atoms with Crippen LogP contribution >= 0.6 is 11.3 Å². The Morgan fingerprint density at radius 3 is 2.82 bits per heavy atom. The van der Waals surface area contributed by atoms with Crippen LogP contribution in [0.4, 0.5) is 5.69 Å². The molecule has 84 valence electrons. The van der Waals surface area contributed by atoms with Gasteiger partial charge in [-0.2, -0.15) is 16.3 Å². The zero-order chi connectivity index (χ0) is 11.7. The van der Waals surface area contributed by atoms with Gasteiger partial charge in [0.25, 0.3) is 5.89 Å². The molecule has 0 atom stereocenters. The van der Waals surface area contributed by atoms with E-state index in [0.717, 1.165) is 11.1 Å². The average molecular weight is 243 g/mol. The van der Waals surface area contributed by atoms with Crippen molar-refractivity contribution >= 4 is 17.0 Å². The predicted octanol–water partition coefficient (Wildman–Crippen LogP) is 3.05. The number of rotatable bonds is 2. The minimum Gasteiger partial charge on any atom is -0.398 e. The number of nitrogens with zero attached hydrogens (tertiary/aromatic N) is 2. The highest BCUT2D eigenvalue weighted by Gasteiger charge is 2.12. The molecule has 17 heavy (non-hydrogen) atoms. The van der Waals surface area contributed by atoms with E-state index in [0.29, 0.717) is 17.4 Å². The number of hydrogen-bond acceptors (Lipinski definition) is 5. The molecule has 3 aromatic rings. The highest BCUT2D eigenvalue weighted by atomic mass is 32.1. The lowest BCUT2D eigenvalue weighted by Gasteiger charge is -1.97. The van der Waals surface area contributed by atoms with Crippen molar-refractivity contribution in [2.24, 2.45) is 0 Å². The number of thiophene rings is 1. The van der Waals surface area contributed by atoms with E-state index >= 15 is 0 Å². The molecule has 0 unspecified atom stereocenters. The third-order valence-corrected chi connectivity index (χ3v) is 3.08. The van der Waals surface area contributed by atoms with Crippen molar-refractivity contribution in [3.05, 3.63) is 41.1 Å². The molecule has 0 aliphatic rings. The SMILES string of the molecule is Nc1ccccc1-c1nc(-c2ccsc2)no1. The maximum atomic E-state index is 5.85. The highest BCUT2D eigenvalue weighted by molar-refractivity contribution is 7.08. The molecule has 0 aliphatic heterocycles. The zero-order valence-corrected chi connectivity index (χ0v) is 9.65. The minimum atomic E-state index is 0.448. The number of benzene rings is 1. The molecule has 4 nitrogen and oxygen atoms in total. The second-order valence-corrected chi connectivity index (χ2v) is 4.30. The Labute approximate surface area is 102 Å². The summed E-state index contributed by atoms with van der Waals surface area (Å²) < 4.78 is 5.22. The van der Waals surface area contributed by atoms with Crippen LogP contribution in [-0.2, 0) is 0 Å². The molecule has 2 aromatic heterocycles. The first-order valence-corrected chi connectivity index (χ1v) is 6.00. The lowest BCUT2D eigenvalue weighted by Crippen LogP contribution is -1.89. The Kier molecular flexibility index (Phi) is 2.38. The van der Waals surface area contributed by atoms with Crippen LogP contribution in [0.2, 0.25) is 0 Å². The highest BCUT2D eigenvalue weighted by Crippen LogP contribution is 2.26. The molecule has 2 N–H and O–H groups in total. The number of anilines is 1. The quantitative estimate of drug-likeness (QED) is 0.702. The second-order valence-electron chi connectivity index (χ2n) is 3.52. The van der Waals surface area contributed by atoms with Crippen molar-refractivity contribution in [2.45, 2.75) is 0 Å². The van der Waals surface area contributed by atoms with Gasteiger partial charge in [0.15, 0.2) is 0 Å². The third kappa shape index (κ3) is 1.81. The Morgan fingerprint density at radius 2 is 2.06 bits per heavy atom. The molecule has 0 saturated heterocycles. The summed E-state index contributed by atoms with van der Waals surface area (Å²) in [6.45, 7) is 0. The first-order chi connectivity index (χ1) is 8.34. The van der Waals surface area contributed by atoms with E-state index in [-0.39, 0.29) is 0 Å².